The summed E-state index contributed by atoms with van der Waals surface area (Å²) in [7, 11) is -3.40. The number of aryl methyl sites for hydroxylation is 3. The molecule has 0 atom stereocenters. The topological polar surface area (TPSA) is 37.4 Å². The Balaban J connectivity index is 1.82. The summed E-state index contributed by atoms with van der Waals surface area (Å²) in [5, 5.41) is 4.28. The van der Waals surface area contributed by atoms with E-state index in [1.54, 1.807) is 15.6 Å². The second-order valence-electron chi connectivity index (χ2n) is 6.46. The van der Waals surface area contributed by atoms with E-state index < -0.39 is 10.0 Å². The van der Waals surface area contributed by atoms with Gasteiger partial charge in [-0.05, 0) is 73.0 Å². The molecule has 0 aliphatic carbocycles. The molecule has 0 spiro atoms. The van der Waals surface area contributed by atoms with Crippen molar-refractivity contribution in [3.05, 3.63) is 51.2 Å². The molecule has 3 rings (SSSR count). The average Bonchev–Trinajstić information content (AvgIpc) is 3.00. The van der Waals surface area contributed by atoms with E-state index in [9.17, 15) is 8.42 Å². The third-order valence-corrected chi connectivity index (χ3v) is 7.58. The molecule has 0 unspecified atom stereocenters. The van der Waals surface area contributed by atoms with Gasteiger partial charge in [-0.3, -0.25) is 0 Å². The van der Waals surface area contributed by atoms with Gasteiger partial charge in [0, 0.05) is 13.1 Å². The van der Waals surface area contributed by atoms with Crippen LogP contribution < -0.4 is 0 Å². The molecular formula is C18H23NO2S2. The molecule has 23 heavy (non-hydrogen) atoms. The maximum absolute atomic E-state index is 13.1. The highest BCUT2D eigenvalue weighted by atomic mass is 32.2. The van der Waals surface area contributed by atoms with Gasteiger partial charge in [0.25, 0.3) is 0 Å². The minimum absolute atomic E-state index is 0.493. The molecule has 0 amide bonds. The fourth-order valence-electron chi connectivity index (χ4n) is 3.64. The molecule has 0 N–H and O–H groups in total. The Bertz CT molecular complexity index is 763. The summed E-state index contributed by atoms with van der Waals surface area (Å²) in [6, 6.07) is 6.07. The van der Waals surface area contributed by atoms with Crippen LogP contribution >= 0.6 is 11.3 Å². The van der Waals surface area contributed by atoms with Gasteiger partial charge in [0.2, 0.25) is 10.0 Å². The minimum Gasteiger partial charge on any atom is -0.207 e. The molecule has 0 radical (unpaired) electrons. The lowest BCUT2D eigenvalue weighted by Crippen LogP contribution is -2.38. The van der Waals surface area contributed by atoms with Gasteiger partial charge >= 0.3 is 0 Å². The molecule has 3 nitrogen and oxygen atoms in total. The van der Waals surface area contributed by atoms with Crippen LogP contribution in [0.1, 0.15) is 41.0 Å². The minimum atomic E-state index is -3.40. The van der Waals surface area contributed by atoms with Crippen molar-refractivity contribution < 1.29 is 8.42 Å². The quantitative estimate of drug-likeness (QED) is 0.831. The molecule has 1 aromatic heterocycles. The zero-order valence-electron chi connectivity index (χ0n) is 13.9. The number of nitrogens with zero attached hydrogens (tertiary/aromatic N) is 1. The fraction of sp³-hybridized carbons (Fsp3) is 0.444. The molecule has 5 heteroatoms. The smallest absolute Gasteiger partial charge is 0.207 e. The molecular weight excluding hydrogens is 326 g/mol. The first-order valence-corrected chi connectivity index (χ1v) is 10.4. The van der Waals surface area contributed by atoms with Gasteiger partial charge in [-0.2, -0.15) is 15.6 Å². The molecule has 1 saturated heterocycles. The molecule has 0 bridgehead atoms. The van der Waals surface area contributed by atoms with Gasteiger partial charge in [0.15, 0.2) is 0 Å². The lowest BCUT2D eigenvalue weighted by atomic mass is 9.92. The Morgan fingerprint density at radius 3 is 2.22 bits per heavy atom. The number of benzene rings is 1. The summed E-state index contributed by atoms with van der Waals surface area (Å²) in [5.74, 6) is 0.493. The average molecular weight is 350 g/mol. The van der Waals surface area contributed by atoms with Gasteiger partial charge in [-0.1, -0.05) is 17.7 Å². The van der Waals surface area contributed by atoms with Crippen LogP contribution in [0.5, 0.6) is 0 Å². The van der Waals surface area contributed by atoms with E-state index in [-0.39, 0.29) is 0 Å². The first-order valence-electron chi connectivity index (χ1n) is 7.99. The highest BCUT2D eigenvalue weighted by molar-refractivity contribution is 7.89. The van der Waals surface area contributed by atoms with Crippen LogP contribution in [0.15, 0.2) is 33.9 Å². The predicted molar refractivity (Wildman–Crippen MR) is 95.7 cm³/mol. The van der Waals surface area contributed by atoms with E-state index in [2.05, 4.69) is 16.8 Å². The molecule has 124 valence electrons. The summed E-state index contributed by atoms with van der Waals surface area (Å²) in [4.78, 5) is 0.497. The lowest BCUT2D eigenvalue weighted by Gasteiger charge is -2.31. The highest BCUT2D eigenvalue weighted by Crippen LogP contribution is 2.33. The van der Waals surface area contributed by atoms with Crippen molar-refractivity contribution in [1.82, 2.24) is 4.31 Å². The van der Waals surface area contributed by atoms with E-state index in [0.717, 1.165) is 29.5 Å². The monoisotopic (exact) mass is 349 g/mol. The van der Waals surface area contributed by atoms with E-state index in [1.165, 1.54) is 5.56 Å². The molecule has 0 saturated carbocycles. The third kappa shape index (κ3) is 3.23. The van der Waals surface area contributed by atoms with Crippen LogP contribution in [0, 0.1) is 20.8 Å². The Hall–Kier alpha value is -1.17. The molecule has 2 heterocycles. The summed E-state index contributed by atoms with van der Waals surface area (Å²) >= 11 is 1.71. The van der Waals surface area contributed by atoms with Gasteiger partial charge in [-0.15, -0.1) is 0 Å². The van der Waals surface area contributed by atoms with Crippen molar-refractivity contribution in [2.75, 3.05) is 13.1 Å². The summed E-state index contributed by atoms with van der Waals surface area (Å²) in [6.07, 6.45) is 1.81. The van der Waals surface area contributed by atoms with Crippen LogP contribution in [0.2, 0.25) is 0 Å². The number of hydrogen-bond donors (Lipinski definition) is 0. The van der Waals surface area contributed by atoms with E-state index in [4.69, 9.17) is 0 Å². The molecule has 1 aromatic carbocycles. The fourth-order valence-corrected chi connectivity index (χ4v) is 6.26. The summed E-state index contributed by atoms with van der Waals surface area (Å²) in [6.45, 7) is 7.00. The Labute approximate surface area is 143 Å². The number of piperidine rings is 1. The van der Waals surface area contributed by atoms with E-state index >= 15 is 0 Å². The Morgan fingerprint density at radius 2 is 1.70 bits per heavy atom. The number of thiophene rings is 1. The SMILES string of the molecule is Cc1cc(C)c(S(=O)(=O)N2CCC(c3ccsc3)CC2)c(C)c1. The largest absolute Gasteiger partial charge is 0.243 e. The summed E-state index contributed by atoms with van der Waals surface area (Å²) < 4.78 is 27.8. The first-order chi connectivity index (χ1) is 10.9. The summed E-state index contributed by atoms with van der Waals surface area (Å²) in [5.41, 5.74) is 4.16. The van der Waals surface area contributed by atoms with Crippen molar-refractivity contribution in [1.29, 1.82) is 0 Å². The molecule has 2 aromatic rings. The van der Waals surface area contributed by atoms with Crippen LogP contribution in [0.3, 0.4) is 0 Å². The maximum Gasteiger partial charge on any atom is 0.243 e. The lowest BCUT2D eigenvalue weighted by molar-refractivity contribution is 0.319. The zero-order valence-corrected chi connectivity index (χ0v) is 15.5. The maximum atomic E-state index is 13.1. The predicted octanol–water partition coefficient (Wildman–Crippen LogP) is 4.24. The number of hydrogen-bond acceptors (Lipinski definition) is 3. The van der Waals surface area contributed by atoms with Gasteiger partial charge < -0.3 is 0 Å². The second-order valence-corrected chi connectivity index (χ2v) is 9.12. The van der Waals surface area contributed by atoms with Crippen molar-refractivity contribution in [2.24, 2.45) is 0 Å². The zero-order chi connectivity index (χ0) is 16.6. The van der Waals surface area contributed by atoms with Gasteiger partial charge in [0.05, 0.1) is 4.90 Å². The first kappa shape index (κ1) is 16.7. The van der Waals surface area contributed by atoms with E-state index in [0.29, 0.717) is 23.9 Å². The van der Waals surface area contributed by atoms with Crippen LogP contribution in [-0.4, -0.2) is 25.8 Å². The number of rotatable bonds is 3. The third-order valence-electron chi connectivity index (χ3n) is 4.67. The van der Waals surface area contributed by atoms with Crippen molar-refractivity contribution >= 4 is 21.4 Å². The number of sulfonamides is 1. The standard InChI is InChI=1S/C18H23NO2S2/c1-13-10-14(2)18(15(3)11-13)23(20,21)19-7-4-16(5-8-19)17-6-9-22-12-17/h6,9-12,16H,4-5,7-8H2,1-3H3. The molecule has 1 aliphatic heterocycles. The van der Waals surface area contributed by atoms with E-state index in [1.807, 2.05) is 32.9 Å². The Kier molecular flexibility index (Phi) is 4.63. The highest BCUT2D eigenvalue weighted by Gasteiger charge is 2.32. The molecule has 1 aliphatic rings. The van der Waals surface area contributed by atoms with Crippen LogP contribution in [0.25, 0.3) is 0 Å². The normalized spacial score (nSPS) is 17.5. The van der Waals surface area contributed by atoms with Gasteiger partial charge in [0.1, 0.15) is 0 Å². The van der Waals surface area contributed by atoms with Crippen molar-refractivity contribution in [2.45, 2.75) is 44.4 Å². The van der Waals surface area contributed by atoms with Crippen molar-refractivity contribution in [3.8, 4) is 0 Å². The molecule has 1 fully saturated rings. The Morgan fingerprint density at radius 1 is 1.09 bits per heavy atom. The van der Waals surface area contributed by atoms with Crippen LogP contribution in [0.4, 0.5) is 0 Å². The van der Waals surface area contributed by atoms with Crippen LogP contribution in [-0.2, 0) is 10.0 Å². The van der Waals surface area contributed by atoms with Gasteiger partial charge in [-0.25, -0.2) is 8.42 Å². The second kappa shape index (κ2) is 6.38. The van der Waals surface area contributed by atoms with Crippen molar-refractivity contribution in [3.63, 3.8) is 0 Å².